The van der Waals surface area contributed by atoms with Gasteiger partial charge in [0.05, 0.1) is 10.6 Å². The van der Waals surface area contributed by atoms with Crippen LogP contribution < -0.4 is 5.32 Å². The number of anilines is 1. The molecule has 2 aliphatic heterocycles. The van der Waals surface area contributed by atoms with Crippen LogP contribution in [0.5, 0.6) is 0 Å². The van der Waals surface area contributed by atoms with Crippen molar-refractivity contribution in [1.29, 1.82) is 0 Å². The molecule has 2 saturated heterocycles. The summed E-state index contributed by atoms with van der Waals surface area (Å²) < 4.78 is 0. The molecule has 2 heterocycles. The van der Waals surface area contributed by atoms with E-state index in [0.29, 0.717) is 12.2 Å². The zero-order valence-electron chi connectivity index (χ0n) is 14.5. The lowest BCUT2D eigenvalue weighted by Gasteiger charge is -2.30. The van der Waals surface area contributed by atoms with Crippen LogP contribution in [0.3, 0.4) is 0 Å². The molecule has 0 aromatic heterocycles. The van der Waals surface area contributed by atoms with E-state index in [9.17, 15) is 9.59 Å². The second kappa shape index (κ2) is 7.00. The van der Waals surface area contributed by atoms with E-state index >= 15 is 0 Å². The molecule has 2 aliphatic rings. The zero-order chi connectivity index (χ0) is 18.1. The Morgan fingerprint density at radius 2 is 1.92 bits per heavy atom. The summed E-state index contributed by atoms with van der Waals surface area (Å²) in [6, 6.07) is 17.5. The molecule has 4 rings (SSSR count). The van der Waals surface area contributed by atoms with Gasteiger partial charge in [0.15, 0.2) is 0 Å². The summed E-state index contributed by atoms with van der Waals surface area (Å²) in [6.45, 7) is 2.06. The van der Waals surface area contributed by atoms with Crippen molar-refractivity contribution >= 4 is 41.0 Å². The Kier molecular flexibility index (Phi) is 4.71. The molecule has 2 amide bonds. The Hall–Kier alpha value is -1.92. The molecule has 0 radical (unpaired) electrons. The number of rotatable bonds is 4. The van der Waals surface area contributed by atoms with Gasteiger partial charge < -0.3 is 10.2 Å². The van der Waals surface area contributed by atoms with Crippen molar-refractivity contribution in [2.24, 2.45) is 0 Å². The number of nitrogens with zero attached hydrogens (tertiary/aromatic N) is 1. The molecule has 2 fully saturated rings. The predicted octanol–water partition coefficient (Wildman–Crippen LogP) is 4.23. The molecule has 2 atom stereocenters. The Labute approximate surface area is 161 Å². The number of hydrogen-bond acceptors (Lipinski definition) is 4. The Morgan fingerprint density at radius 3 is 2.73 bits per heavy atom. The highest BCUT2D eigenvalue weighted by molar-refractivity contribution is 8.01. The van der Waals surface area contributed by atoms with Gasteiger partial charge in [0.25, 0.3) is 0 Å². The van der Waals surface area contributed by atoms with Crippen LogP contribution in [0.4, 0.5) is 5.69 Å². The maximum atomic E-state index is 12.9. The summed E-state index contributed by atoms with van der Waals surface area (Å²) in [6.07, 6.45) is 1.36. The standard InChI is InChI=1S/C20H20N2O2S2/c1-20-12-11-18(23)22(20)16(13-25-20)19(24)21-15-9-5-6-10-17(15)26-14-7-3-2-4-8-14/h2-10,16H,11-13H2,1H3,(H,21,24). The monoisotopic (exact) mass is 384 g/mol. The van der Waals surface area contributed by atoms with Crippen LogP contribution in [-0.4, -0.2) is 33.4 Å². The molecule has 6 heteroatoms. The highest BCUT2D eigenvalue weighted by Gasteiger charge is 2.52. The molecule has 1 N–H and O–H groups in total. The van der Waals surface area contributed by atoms with Gasteiger partial charge in [-0.05, 0) is 37.6 Å². The Balaban J connectivity index is 1.53. The van der Waals surface area contributed by atoms with Gasteiger partial charge in [-0.3, -0.25) is 9.59 Å². The molecule has 134 valence electrons. The van der Waals surface area contributed by atoms with Gasteiger partial charge in [-0.15, -0.1) is 11.8 Å². The minimum Gasteiger partial charge on any atom is -0.323 e. The molecule has 4 nitrogen and oxygen atoms in total. The molecule has 0 saturated carbocycles. The molecular weight excluding hydrogens is 364 g/mol. The van der Waals surface area contributed by atoms with Crippen LogP contribution in [0.25, 0.3) is 0 Å². The fourth-order valence-electron chi connectivity index (χ4n) is 3.51. The van der Waals surface area contributed by atoms with Gasteiger partial charge in [0.2, 0.25) is 11.8 Å². The first-order valence-corrected chi connectivity index (χ1v) is 10.5. The molecule has 2 aromatic carbocycles. The summed E-state index contributed by atoms with van der Waals surface area (Å²) in [5, 5.41) is 3.06. The third-order valence-electron chi connectivity index (χ3n) is 4.86. The molecule has 0 bridgehead atoms. The third kappa shape index (κ3) is 3.23. The van der Waals surface area contributed by atoms with E-state index in [0.717, 1.165) is 21.9 Å². The average molecular weight is 385 g/mol. The van der Waals surface area contributed by atoms with Gasteiger partial charge in [-0.2, -0.15) is 0 Å². The molecule has 2 unspecified atom stereocenters. The van der Waals surface area contributed by atoms with Crippen molar-refractivity contribution in [2.45, 2.75) is 40.5 Å². The van der Waals surface area contributed by atoms with Gasteiger partial charge in [0, 0.05) is 22.0 Å². The number of carbonyl (C=O) groups excluding carboxylic acids is 2. The van der Waals surface area contributed by atoms with Crippen LogP contribution in [0.1, 0.15) is 19.8 Å². The second-order valence-electron chi connectivity index (χ2n) is 6.67. The summed E-state index contributed by atoms with van der Waals surface area (Å²) in [7, 11) is 0. The van der Waals surface area contributed by atoms with E-state index in [1.165, 1.54) is 0 Å². The van der Waals surface area contributed by atoms with Crippen LogP contribution in [-0.2, 0) is 9.59 Å². The zero-order valence-corrected chi connectivity index (χ0v) is 16.1. The summed E-state index contributed by atoms with van der Waals surface area (Å²) >= 11 is 3.33. The van der Waals surface area contributed by atoms with E-state index < -0.39 is 6.04 Å². The molecule has 26 heavy (non-hydrogen) atoms. The minimum absolute atomic E-state index is 0.0876. The SMILES string of the molecule is CC12CCC(=O)N1C(C(=O)Nc1ccccc1Sc1ccccc1)CS2. The minimum atomic E-state index is -0.394. The maximum Gasteiger partial charge on any atom is 0.248 e. The summed E-state index contributed by atoms with van der Waals surface area (Å²) in [4.78, 5) is 28.9. The first kappa shape index (κ1) is 17.5. The topological polar surface area (TPSA) is 49.4 Å². The highest BCUT2D eigenvalue weighted by atomic mass is 32.2. The molecular formula is C20H20N2O2S2. The molecule has 0 aliphatic carbocycles. The van der Waals surface area contributed by atoms with E-state index in [2.05, 4.69) is 12.2 Å². The van der Waals surface area contributed by atoms with E-state index in [-0.39, 0.29) is 16.7 Å². The van der Waals surface area contributed by atoms with Crippen molar-refractivity contribution in [1.82, 2.24) is 4.90 Å². The highest BCUT2D eigenvalue weighted by Crippen LogP contribution is 2.47. The lowest BCUT2D eigenvalue weighted by Crippen LogP contribution is -2.48. The second-order valence-corrected chi connectivity index (χ2v) is 9.28. The maximum absolute atomic E-state index is 12.9. The number of thioether (sulfide) groups is 1. The van der Waals surface area contributed by atoms with E-state index in [1.807, 2.05) is 54.6 Å². The fraction of sp³-hybridized carbons (Fsp3) is 0.300. The van der Waals surface area contributed by atoms with Gasteiger partial charge >= 0.3 is 0 Å². The Bertz CT molecular complexity index is 843. The van der Waals surface area contributed by atoms with Gasteiger partial charge in [-0.1, -0.05) is 42.1 Å². The van der Waals surface area contributed by atoms with Gasteiger partial charge in [0.1, 0.15) is 6.04 Å². The quantitative estimate of drug-likeness (QED) is 0.857. The van der Waals surface area contributed by atoms with E-state index in [1.54, 1.807) is 28.4 Å². The third-order valence-corrected chi connectivity index (χ3v) is 7.45. The smallest absolute Gasteiger partial charge is 0.248 e. The summed E-state index contributed by atoms with van der Waals surface area (Å²) in [5.41, 5.74) is 0.789. The lowest BCUT2D eigenvalue weighted by molar-refractivity contribution is -0.135. The summed E-state index contributed by atoms with van der Waals surface area (Å²) in [5.74, 6) is 0.643. The predicted molar refractivity (Wildman–Crippen MR) is 106 cm³/mol. The normalized spacial score (nSPS) is 24.6. The molecule has 2 aromatic rings. The Morgan fingerprint density at radius 1 is 1.19 bits per heavy atom. The lowest BCUT2D eigenvalue weighted by atomic mass is 10.2. The number of fused-ring (bicyclic) bond motifs is 1. The number of amides is 2. The van der Waals surface area contributed by atoms with Crippen molar-refractivity contribution in [3.05, 3.63) is 54.6 Å². The average Bonchev–Trinajstić information content (AvgIpc) is 3.14. The van der Waals surface area contributed by atoms with Crippen molar-refractivity contribution < 1.29 is 9.59 Å². The number of para-hydroxylation sites is 1. The first-order valence-electron chi connectivity index (χ1n) is 8.66. The van der Waals surface area contributed by atoms with Crippen molar-refractivity contribution in [2.75, 3.05) is 11.1 Å². The number of benzene rings is 2. The van der Waals surface area contributed by atoms with Crippen molar-refractivity contribution in [3.8, 4) is 0 Å². The number of hydrogen-bond donors (Lipinski definition) is 1. The number of nitrogens with one attached hydrogen (secondary N) is 1. The van der Waals surface area contributed by atoms with Crippen LogP contribution >= 0.6 is 23.5 Å². The van der Waals surface area contributed by atoms with Gasteiger partial charge in [-0.25, -0.2) is 0 Å². The first-order chi connectivity index (χ1) is 12.6. The van der Waals surface area contributed by atoms with Crippen LogP contribution in [0.15, 0.2) is 64.4 Å². The van der Waals surface area contributed by atoms with Crippen LogP contribution in [0, 0.1) is 0 Å². The largest absolute Gasteiger partial charge is 0.323 e. The number of carbonyl (C=O) groups is 2. The van der Waals surface area contributed by atoms with Crippen LogP contribution in [0.2, 0.25) is 0 Å². The molecule has 0 spiro atoms. The van der Waals surface area contributed by atoms with E-state index in [4.69, 9.17) is 0 Å². The fourth-order valence-corrected chi connectivity index (χ4v) is 5.86. The van der Waals surface area contributed by atoms with Crippen molar-refractivity contribution in [3.63, 3.8) is 0 Å².